The summed E-state index contributed by atoms with van der Waals surface area (Å²) in [6, 6.07) is 4.79. The molecule has 0 spiro atoms. The summed E-state index contributed by atoms with van der Waals surface area (Å²) in [7, 11) is -0.527. The molecular weight excluding hydrogens is 305 g/mol. The van der Waals surface area contributed by atoms with Gasteiger partial charge in [0.05, 0.1) is 16.2 Å². The molecule has 1 fully saturated rings. The Labute approximate surface area is 134 Å². The van der Waals surface area contributed by atoms with Crippen LogP contribution in [0, 0.1) is 5.82 Å². The molecule has 0 atom stereocenters. The minimum atomic E-state index is -0.527. The summed E-state index contributed by atoms with van der Waals surface area (Å²) in [5.41, 5.74) is 0.163. The zero-order valence-electron chi connectivity index (χ0n) is 12.9. The smallest absolute Gasteiger partial charge is 0.399 e. The SMILES string of the molecule is CC1(C)OB(c2cnn(-c3cccc(Cl)c3F)c2)OC1(C)C. The highest BCUT2D eigenvalue weighted by Crippen LogP contribution is 2.36. The molecule has 7 heteroatoms. The summed E-state index contributed by atoms with van der Waals surface area (Å²) in [6.45, 7) is 7.92. The molecule has 1 aliphatic heterocycles. The molecule has 1 saturated heterocycles. The van der Waals surface area contributed by atoms with Crippen LogP contribution in [0.2, 0.25) is 5.02 Å². The van der Waals surface area contributed by atoms with E-state index >= 15 is 0 Å². The molecule has 4 nitrogen and oxygen atoms in total. The fourth-order valence-corrected chi connectivity index (χ4v) is 2.41. The zero-order chi connectivity index (χ0) is 16.1. The molecule has 0 unspecified atom stereocenters. The Balaban J connectivity index is 1.91. The lowest BCUT2D eigenvalue weighted by molar-refractivity contribution is 0.00578. The van der Waals surface area contributed by atoms with Gasteiger partial charge < -0.3 is 9.31 Å². The van der Waals surface area contributed by atoms with Crippen LogP contribution in [0.5, 0.6) is 0 Å². The molecule has 0 radical (unpaired) electrons. The third-order valence-electron chi connectivity index (χ3n) is 4.31. The second kappa shape index (κ2) is 5.08. The average molecular weight is 323 g/mol. The molecule has 2 aromatic rings. The molecule has 116 valence electrons. The van der Waals surface area contributed by atoms with Crippen molar-refractivity contribution in [1.29, 1.82) is 0 Å². The number of hydrogen-bond donors (Lipinski definition) is 0. The van der Waals surface area contributed by atoms with E-state index in [2.05, 4.69) is 5.10 Å². The van der Waals surface area contributed by atoms with Crippen LogP contribution in [-0.2, 0) is 9.31 Å². The van der Waals surface area contributed by atoms with Crippen LogP contribution in [0.25, 0.3) is 5.69 Å². The van der Waals surface area contributed by atoms with Gasteiger partial charge in [0, 0.05) is 17.9 Å². The van der Waals surface area contributed by atoms with Gasteiger partial charge in [0.2, 0.25) is 0 Å². The quantitative estimate of drug-likeness (QED) is 0.798. The molecule has 22 heavy (non-hydrogen) atoms. The van der Waals surface area contributed by atoms with E-state index in [0.717, 1.165) is 5.46 Å². The van der Waals surface area contributed by atoms with E-state index in [0.29, 0.717) is 0 Å². The first kappa shape index (κ1) is 15.5. The predicted octanol–water partition coefficient (Wildman–Crippen LogP) is 2.96. The van der Waals surface area contributed by atoms with Crippen molar-refractivity contribution in [2.45, 2.75) is 38.9 Å². The van der Waals surface area contributed by atoms with Gasteiger partial charge >= 0.3 is 7.12 Å². The van der Waals surface area contributed by atoms with Gasteiger partial charge in [0.15, 0.2) is 5.82 Å². The molecule has 0 aliphatic carbocycles. The molecule has 1 aromatic carbocycles. The van der Waals surface area contributed by atoms with Crippen LogP contribution in [0.1, 0.15) is 27.7 Å². The fraction of sp³-hybridized carbons (Fsp3) is 0.400. The number of rotatable bonds is 2. The van der Waals surface area contributed by atoms with Crippen LogP contribution in [0.3, 0.4) is 0 Å². The first-order valence-electron chi connectivity index (χ1n) is 7.06. The Morgan fingerprint density at radius 1 is 1.18 bits per heavy atom. The van der Waals surface area contributed by atoms with Crippen molar-refractivity contribution in [3.05, 3.63) is 41.4 Å². The molecule has 0 bridgehead atoms. The largest absolute Gasteiger partial charge is 0.498 e. The van der Waals surface area contributed by atoms with Crippen molar-refractivity contribution in [3.63, 3.8) is 0 Å². The summed E-state index contributed by atoms with van der Waals surface area (Å²) in [5, 5.41) is 4.25. The van der Waals surface area contributed by atoms with E-state index < -0.39 is 24.1 Å². The zero-order valence-corrected chi connectivity index (χ0v) is 13.7. The maximum atomic E-state index is 14.1. The number of aromatic nitrogens is 2. The Hall–Kier alpha value is -1.37. The molecule has 3 rings (SSSR count). The number of nitrogens with zero attached hydrogens (tertiary/aromatic N) is 2. The minimum absolute atomic E-state index is 0.0604. The van der Waals surface area contributed by atoms with Gasteiger partial charge in [-0.25, -0.2) is 9.07 Å². The van der Waals surface area contributed by atoms with Gasteiger partial charge in [-0.1, -0.05) is 17.7 Å². The van der Waals surface area contributed by atoms with Gasteiger partial charge in [-0.3, -0.25) is 0 Å². The van der Waals surface area contributed by atoms with Crippen molar-refractivity contribution in [2.75, 3.05) is 0 Å². The summed E-state index contributed by atoms with van der Waals surface area (Å²) in [5.74, 6) is -0.507. The highest BCUT2D eigenvalue weighted by atomic mass is 35.5. The van der Waals surface area contributed by atoms with Crippen molar-refractivity contribution < 1.29 is 13.7 Å². The van der Waals surface area contributed by atoms with E-state index in [4.69, 9.17) is 20.9 Å². The lowest BCUT2D eigenvalue weighted by Gasteiger charge is -2.32. The molecule has 0 saturated carbocycles. The number of halogens is 2. The Bertz CT molecular complexity index is 701. The maximum absolute atomic E-state index is 14.1. The van der Waals surface area contributed by atoms with Crippen LogP contribution in [-0.4, -0.2) is 28.1 Å². The van der Waals surface area contributed by atoms with Gasteiger partial charge in [-0.2, -0.15) is 5.10 Å². The van der Waals surface area contributed by atoms with Gasteiger partial charge in [-0.05, 0) is 39.8 Å². The second-order valence-corrected chi connectivity index (χ2v) is 6.79. The number of benzene rings is 1. The molecule has 0 amide bonds. The first-order valence-corrected chi connectivity index (χ1v) is 7.44. The van der Waals surface area contributed by atoms with Crippen LogP contribution in [0.4, 0.5) is 4.39 Å². The Morgan fingerprint density at radius 2 is 1.82 bits per heavy atom. The van der Waals surface area contributed by atoms with E-state index in [-0.39, 0.29) is 10.7 Å². The van der Waals surface area contributed by atoms with Gasteiger partial charge in [-0.15, -0.1) is 0 Å². The van der Waals surface area contributed by atoms with Crippen molar-refractivity contribution in [1.82, 2.24) is 9.78 Å². The molecule has 0 N–H and O–H groups in total. The van der Waals surface area contributed by atoms with Crippen LogP contribution < -0.4 is 5.46 Å². The first-order chi connectivity index (χ1) is 10.2. The van der Waals surface area contributed by atoms with E-state index in [9.17, 15) is 4.39 Å². The van der Waals surface area contributed by atoms with Gasteiger partial charge in [0.1, 0.15) is 5.69 Å². The molecule has 1 aliphatic rings. The molecule has 2 heterocycles. The standard InChI is InChI=1S/C15H17BClFN2O2/c1-14(2)15(3,4)22-16(21-14)10-8-19-20(9-10)12-7-5-6-11(17)13(12)18/h5-9H,1-4H3. The molecular formula is C15H17BClFN2O2. The highest BCUT2D eigenvalue weighted by molar-refractivity contribution is 6.62. The summed E-state index contributed by atoms with van der Waals surface area (Å²) < 4.78 is 27.4. The van der Waals surface area contributed by atoms with E-state index in [1.54, 1.807) is 24.5 Å². The fourth-order valence-electron chi connectivity index (χ4n) is 2.24. The van der Waals surface area contributed by atoms with E-state index in [1.807, 2.05) is 27.7 Å². The Kier molecular flexibility index (Phi) is 3.59. The monoisotopic (exact) mass is 322 g/mol. The summed E-state index contributed by atoms with van der Waals surface area (Å²) >= 11 is 5.81. The van der Waals surface area contributed by atoms with Crippen LogP contribution >= 0.6 is 11.6 Å². The lowest BCUT2D eigenvalue weighted by Crippen LogP contribution is -2.41. The van der Waals surface area contributed by atoms with E-state index in [1.165, 1.54) is 10.7 Å². The molecule has 1 aromatic heterocycles. The van der Waals surface area contributed by atoms with Crippen molar-refractivity contribution >= 4 is 24.2 Å². The number of hydrogen-bond acceptors (Lipinski definition) is 3. The van der Waals surface area contributed by atoms with Crippen molar-refractivity contribution in [3.8, 4) is 5.69 Å². The summed E-state index contributed by atoms with van der Waals surface area (Å²) in [4.78, 5) is 0. The van der Waals surface area contributed by atoms with Crippen LogP contribution in [0.15, 0.2) is 30.6 Å². The minimum Gasteiger partial charge on any atom is -0.399 e. The third kappa shape index (κ3) is 2.45. The normalized spacial score (nSPS) is 19.6. The predicted molar refractivity (Wildman–Crippen MR) is 84.2 cm³/mol. The average Bonchev–Trinajstić information content (AvgIpc) is 2.97. The van der Waals surface area contributed by atoms with Gasteiger partial charge in [0.25, 0.3) is 0 Å². The Morgan fingerprint density at radius 3 is 2.45 bits per heavy atom. The van der Waals surface area contributed by atoms with Crippen molar-refractivity contribution in [2.24, 2.45) is 0 Å². The highest BCUT2D eigenvalue weighted by Gasteiger charge is 2.52. The topological polar surface area (TPSA) is 36.3 Å². The lowest BCUT2D eigenvalue weighted by atomic mass is 9.82. The summed E-state index contributed by atoms with van der Waals surface area (Å²) in [6.07, 6.45) is 3.30. The second-order valence-electron chi connectivity index (χ2n) is 6.38. The maximum Gasteiger partial charge on any atom is 0.498 e. The third-order valence-corrected chi connectivity index (χ3v) is 4.60.